The summed E-state index contributed by atoms with van der Waals surface area (Å²) in [4.78, 5) is 28.3. The van der Waals surface area contributed by atoms with Gasteiger partial charge in [-0.3, -0.25) is 4.90 Å². The Kier molecular flexibility index (Phi) is 3.57. The molecule has 2 spiro atoms. The summed E-state index contributed by atoms with van der Waals surface area (Å²) >= 11 is 0. The Bertz CT molecular complexity index is 1010. The van der Waals surface area contributed by atoms with Crippen molar-refractivity contribution in [3.8, 4) is 0 Å². The van der Waals surface area contributed by atoms with Crippen molar-refractivity contribution in [2.24, 2.45) is 17.9 Å². The van der Waals surface area contributed by atoms with Gasteiger partial charge in [0.25, 0.3) is 0 Å². The van der Waals surface area contributed by atoms with Gasteiger partial charge in [-0.25, -0.2) is 19.4 Å². The van der Waals surface area contributed by atoms with Crippen molar-refractivity contribution in [2.45, 2.75) is 44.2 Å². The molecule has 31 heavy (non-hydrogen) atoms. The highest BCUT2D eigenvalue weighted by atomic mass is 16.2. The molecule has 0 atom stereocenters. The predicted molar refractivity (Wildman–Crippen MR) is 112 cm³/mol. The van der Waals surface area contributed by atoms with Gasteiger partial charge in [0.2, 0.25) is 0 Å². The Labute approximate surface area is 182 Å². The lowest BCUT2D eigenvalue weighted by molar-refractivity contribution is -0.121. The van der Waals surface area contributed by atoms with E-state index in [2.05, 4.69) is 33.9 Å². The zero-order valence-electron chi connectivity index (χ0n) is 18.2. The largest absolute Gasteiger partial charge is 0.337 e. The predicted octanol–water partition coefficient (Wildman–Crippen LogP) is 1.46. The summed E-state index contributed by atoms with van der Waals surface area (Å²) < 4.78 is 4.16. The van der Waals surface area contributed by atoms with Gasteiger partial charge >= 0.3 is 6.03 Å². The molecule has 9 nitrogen and oxygen atoms in total. The van der Waals surface area contributed by atoms with Crippen LogP contribution in [0.1, 0.15) is 49.3 Å². The van der Waals surface area contributed by atoms with Gasteiger partial charge in [0.1, 0.15) is 12.2 Å². The fourth-order valence-electron chi connectivity index (χ4n) is 6.34. The van der Waals surface area contributed by atoms with Crippen LogP contribution >= 0.6 is 0 Å². The summed E-state index contributed by atoms with van der Waals surface area (Å²) in [6, 6.07) is 0.725. The molecule has 2 amide bonds. The second-order valence-corrected chi connectivity index (χ2v) is 11.0. The maximum Gasteiger partial charge on any atom is 0.320 e. The zero-order valence-corrected chi connectivity index (χ0v) is 18.2. The number of likely N-dealkylation sites (tertiary alicyclic amines) is 3. The van der Waals surface area contributed by atoms with E-state index < -0.39 is 0 Å². The van der Waals surface area contributed by atoms with Gasteiger partial charge in [-0.2, -0.15) is 5.10 Å². The third-order valence-electron chi connectivity index (χ3n) is 8.23. The number of carbonyl (C=O) groups is 1. The number of amides is 2. The highest BCUT2D eigenvalue weighted by molar-refractivity contribution is 5.77. The van der Waals surface area contributed by atoms with E-state index in [1.54, 1.807) is 0 Å². The van der Waals surface area contributed by atoms with Crippen LogP contribution in [0, 0.1) is 10.8 Å². The summed E-state index contributed by atoms with van der Waals surface area (Å²) in [5.74, 6) is 2.76. The van der Waals surface area contributed by atoms with Gasteiger partial charge in [-0.15, -0.1) is 0 Å². The maximum absolute atomic E-state index is 12.9. The first-order valence-corrected chi connectivity index (χ1v) is 11.6. The lowest BCUT2D eigenvalue weighted by Crippen LogP contribution is -2.75. The molecule has 7 rings (SSSR count). The van der Waals surface area contributed by atoms with Crippen molar-refractivity contribution >= 4 is 6.03 Å². The summed E-state index contributed by atoms with van der Waals surface area (Å²) in [5, 5.41) is 4.70. The van der Waals surface area contributed by atoms with E-state index in [9.17, 15) is 4.79 Å². The molecule has 5 heterocycles. The number of carbonyl (C=O) groups excluding carboxylic acids is 1. The molecule has 2 aliphatic carbocycles. The number of aryl methyl sites for hydroxylation is 1. The van der Waals surface area contributed by atoms with E-state index in [1.165, 1.54) is 12.8 Å². The average molecular weight is 423 g/mol. The van der Waals surface area contributed by atoms with Crippen molar-refractivity contribution in [3.05, 3.63) is 30.4 Å². The van der Waals surface area contributed by atoms with Crippen LogP contribution in [-0.4, -0.2) is 84.3 Å². The summed E-state index contributed by atoms with van der Waals surface area (Å²) in [6.07, 6.45) is 10.5. The molecule has 164 valence electrons. The van der Waals surface area contributed by atoms with E-state index in [-0.39, 0.29) is 6.03 Å². The molecule has 0 aromatic carbocycles. The van der Waals surface area contributed by atoms with Gasteiger partial charge in [-0.1, -0.05) is 0 Å². The molecule has 3 saturated heterocycles. The maximum atomic E-state index is 12.9. The Morgan fingerprint density at radius 2 is 1.74 bits per heavy atom. The minimum absolute atomic E-state index is 0.249. The average Bonchev–Trinajstić information content (AvgIpc) is 3.22. The van der Waals surface area contributed by atoms with Gasteiger partial charge < -0.3 is 14.4 Å². The van der Waals surface area contributed by atoms with Crippen molar-refractivity contribution < 1.29 is 4.79 Å². The number of imidazole rings is 1. The molecule has 2 aromatic heterocycles. The smallest absolute Gasteiger partial charge is 0.320 e. The normalized spacial score (nSPS) is 26.5. The van der Waals surface area contributed by atoms with Crippen LogP contribution in [0.4, 0.5) is 4.79 Å². The van der Waals surface area contributed by atoms with Crippen molar-refractivity contribution in [1.29, 1.82) is 0 Å². The van der Waals surface area contributed by atoms with Crippen molar-refractivity contribution in [2.75, 3.05) is 39.3 Å². The molecular weight excluding hydrogens is 392 g/mol. The quantitative estimate of drug-likeness (QED) is 0.746. The number of nitrogens with zero attached hydrogens (tertiary/aromatic N) is 8. The van der Waals surface area contributed by atoms with Crippen LogP contribution in [0.2, 0.25) is 0 Å². The summed E-state index contributed by atoms with van der Waals surface area (Å²) in [6.45, 7) is 6.73. The Balaban J connectivity index is 0.861. The topological polar surface area (TPSA) is 75.3 Å². The highest BCUT2D eigenvalue weighted by Crippen LogP contribution is 2.54. The monoisotopic (exact) mass is 422 g/mol. The van der Waals surface area contributed by atoms with Crippen LogP contribution in [0.3, 0.4) is 0 Å². The molecule has 9 heteroatoms. The molecule has 0 bridgehead atoms. The lowest BCUT2D eigenvalue weighted by Gasteiger charge is -2.63. The number of aromatic nitrogens is 5. The Hall–Kier alpha value is -2.42. The lowest BCUT2D eigenvalue weighted by atomic mass is 9.60. The molecule has 0 unspecified atom stereocenters. The highest BCUT2D eigenvalue weighted by Gasteiger charge is 2.58. The standard InChI is InChI=1S/C22H30N8O/c1-26-5-4-23-18(26)8-27-9-22(10-27)13-29(14-22)20(31)28-11-21(12-28)6-17(7-21)30-15-24-19(25-30)16-2-3-16/h4-5,15-17H,2-3,6-14H2,1H3. The first-order valence-electron chi connectivity index (χ1n) is 11.6. The number of hydrogen-bond acceptors (Lipinski definition) is 5. The van der Waals surface area contributed by atoms with Crippen molar-refractivity contribution in [1.82, 2.24) is 39.0 Å². The first-order chi connectivity index (χ1) is 15.0. The molecule has 2 aromatic rings. The minimum atomic E-state index is 0.249. The molecule has 5 fully saturated rings. The van der Waals surface area contributed by atoms with E-state index in [4.69, 9.17) is 5.10 Å². The van der Waals surface area contributed by atoms with Gasteiger partial charge in [0.15, 0.2) is 5.82 Å². The molecule has 3 aliphatic heterocycles. The molecule has 2 saturated carbocycles. The third kappa shape index (κ3) is 2.85. The van der Waals surface area contributed by atoms with Gasteiger partial charge in [0.05, 0.1) is 12.6 Å². The van der Waals surface area contributed by atoms with Crippen molar-refractivity contribution in [3.63, 3.8) is 0 Å². The van der Waals surface area contributed by atoms with E-state index >= 15 is 0 Å². The summed E-state index contributed by atoms with van der Waals surface area (Å²) in [5.41, 5.74) is 0.668. The van der Waals surface area contributed by atoms with Crippen LogP contribution < -0.4 is 0 Å². The third-order valence-corrected chi connectivity index (χ3v) is 8.23. The second-order valence-electron chi connectivity index (χ2n) is 11.0. The summed E-state index contributed by atoms with van der Waals surface area (Å²) in [7, 11) is 2.04. The van der Waals surface area contributed by atoms with Crippen LogP contribution in [0.5, 0.6) is 0 Å². The van der Waals surface area contributed by atoms with E-state index in [0.29, 0.717) is 22.8 Å². The Morgan fingerprint density at radius 3 is 2.39 bits per heavy atom. The van der Waals surface area contributed by atoms with E-state index in [1.807, 2.05) is 25.8 Å². The van der Waals surface area contributed by atoms with Crippen LogP contribution in [-0.2, 0) is 13.6 Å². The fourth-order valence-corrected chi connectivity index (χ4v) is 6.34. The molecule has 5 aliphatic rings. The zero-order chi connectivity index (χ0) is 20.8. The molecular formula is C22H30N8O. The van der Waals surface area contributed by atoms with Gasteiger partial charge in [-0.05, 0) is 25.7 Å². The Morgan fingerprint density at radius 1 is 1.03 bits per heavy atom. The number of urea groups is 1. The first kappa shape index (κ1) is 18.2. The van der Waals surface area contributed by atoms with Gasteiger partial charge in [0, 0.05) is 75.5 Å². The molecule has 0 radical (unpaired) electrons. The fraction of sp³-hybridized carbons (Fsp3) is 0.727. The second kappa shape index (κ2) is 6.09. The van der Waals surface area contributed by atoms with Crippen LogP contribution in [0.25, 0.3) is 0 Å². The minimum Gasteiger partial charge on any atom is -0.337 e. The molecule has 0 N–H and O–H groups in total. The van der Waals surface area contributed by atoms with E-state index in [0.717, 1.165) is 70.3 Å². The van der Waals surface area contributed by atoms with Crippen LogP contribution in [0.15, 0.2) is 18.7 Å². The number of rotatable bonds is 4. The number of hydrogen-bond donors (Lipinski definition) is 0. The SMILES string of the molecule is Cn1ccnc1CN1CC2(C1)CN(C(=O)N1CC3(CC(n4cnc(C5CC5)n4)C3)C1)C2.